The van der Waals surface area contributed by atoms with Gasteiger partial charge < -0.3 is 5.73 Å². The second kappa shape index (κ2) is 3.74. The van der Waals surface area contributed by atoms with Gasteiger partial charge in [0, 0.05) is 12.3 Å². The molecule has 1 amide bonds. The molecule has 0 aromatic heterocycles. The van der Waals surface area contributed by atoms with Crippen LogP contribution in [0, 0.1) is 0 Å². The Morgan fingerprint density at radius 3 is 1.88 bits per heavy atom. The van der Waals surface area contributed by atoms with Gasteiger partial charge in [-0.25, -0.2) is 0 Å². The average molecular weight is 223 g/mol. The van der Waals surface area contributed by atoms with Crippen molar-refractivity contribution in [1.29, 1.82) is 0 Å². The van der Waals surface area contributed by atoms with E-state index in [0.29, 0.717) is 6.42 Å². The molecule has 0 fully saturated rings. The number of nitrogens with two attached hydrogens (primary N) is 1. The van der Waals surface area contributed by atoms with Crippen LogP contribution in [-0.2, 0) is 4.79 Å². The quantitative estimate of drug-likeness (QED) is 0.835. The summed E-state index contributed by atoms with van der Waals surface area (Å²) in [5.41, 5.74) is 10.2. The highest BCUT2D eigenvalue weighted by atomic mass is 16.1. The van der Waals surface area contributed by atoms with Crippen LogP contribution < -0.4 is 5.73 Å². The monoisotopic (exact) mass is 223 g/mol. The molecule has 0 aliphatic heterocycles. The maximum Gasteiger partial charge on any atom is 0.218 e. The van der Waals surface area contributed by atoms with E-state index in [9.17, 15) is 4.79 Å². The van der Waals surface area contributed by atoms with Crippen LogP contribution in [0.5, 0.6) is 0 Å². The van der Waals surface area contributed by atoms with Crippen LogP contribution in [-0.4, -0.2) is 5.91 Å². The van der Waals surface area contributed by atoms with Gasteiger partial charge in [-0.3, -0.25) is 4.79 Å². The van der Waals surface area contributed by atoms with Crippen molar-refractivity contribution < 1.29 is 4.79 Å². The molecule has 3 rings (SSSR count). The molecule has 2 aromatic carbocycles. The van der Waals surface area contributed by atoms with Crippen LogP contribution in [0.2, 0.25) is 0 Å². The van der Waals surface area contributed by atoms with Crippen molar-refractivity contribution in [2.45, 2.75) is 12.3 Å². The first-order chi connectivity index (χ1) is 8.27. The van der Waals surface area contributed by atoms with Crippen LogP contribution >= 0.6 is 0 Å². The van der Waals surface area contributed by atoms with E-state index in [-0.39, 0.29) is 11.8 Å². The number of primary amides is 1. The highest BCUT2D eigenvalue weighted by Gasteiger charge is 2.28. The smallest absolute Gasteiger partial charge is 0.218 e. The fourth-order valence-corrected chi connectivity index (χ4v) is 2.68. The van der Waals surface area contributed by atoms with Crippen molar-refractivity contribution in [1.82, 2.24) is 0 Å². The summed E-state index contributed by atoms with van der Waals surface area (Å²) in [6.45, 7) is 0. The molecule has 0 atom stereocenters. The van der Waals surface area contributed by atoms with Gasteiger partial charge in [-0.05, 0) is 22.3 Å². The van der Waals surface area contributed by atoms with Crippen molar-refractivity contribution >= 4 is 5.91 Å². The van der Waals surface area contributed by atoms with Gasteiger partial charge in [-0.2, -0.15) is 0 Å². The lowest BCUT2D eigenvalue weighted by Gasteiger charge is -2.10. The first-order valence-corrected chi connectivity index (χ1v) is 5.74. The lowest BCUT2D eigenvalue weighted by molar-refractivity contribution is -0.118. The number of fused-ring (bicyclic) bond motifs is 3. The fraction of sp³-hybridized carbons (Fsp3) is 0.133. The summed E-state index contributed by atoms with van der Waals surface area (Å²) in [6.07, 6.45) is 0.383. The summed E-state index contributed by atoms with van der Waals surface area (Å²) in [5.74, 6) is -0.124. The number of hydrogen-bond donors (Lipinski definition) is 1. The van der Waals surface area contributed by atoms with Gasteiger partial charge in [-0.1, -0.05) is 48.5 Å². The SMILES string of the molecule is NC(=O)CC1c2ccccc2-c2ccccc21. The number of carbonyl (C=O) groups is 1. The first-order valence-electron chi connectivity index (χ1n) is 5.74. The van der Waals surface area contributed by atoms with E-state index in [1.165, 1.54) is 22.3 Å². The second-order valence-corrected chi connectivity index (χ2v) is 4.40. The standard InChI is InChI=1S/C15H13NO/c16-15(17)9-14-12-7-3-1-5-10(12)11-6-2-4-8-13(11)14/h1-8,14H,9H2,(H2,16,17). The van der Waals surface area contributed by atoms with Crippen molar-refractivity contribution in [2.24, 2.45) is 5.73 Å². The van der Waals surface area contributed by atoms with E-state index in [1.807, 2.05) is 24.3 Å². The summed E-state index contributed by atoms with van der Waals surface area (Å²) >= 11 is 0. The zero-order valence-electron chi connectivity index (χ0n) is 9.39. The number of amides is 1. The fourth-order valence-electron chi connectivity index (χ4n) is 2.68. The molecule has 1 aliphatic carbocycles. The number of carbonyl (C=O) groups excluding carboxylic acids is 1. The zero-order chi connectivity index (χ0) is 11.8. The molecule has 0 heterocycles. The third-order valence-electron chi connectivity index (χ3n) is 3.37. The molecule has 0 bridgehead atoms. The number of hydrogen-bond acceptors (Lipinski definition) is 1. The molecule has 2 N–H and O–H groups in total. The first kappa shape index (κ1) is 10.1. The average Bonchev–Trinajstić information content (AvgIpc) is 2.65. The molecule has 0 saturated carbocycles. The molecule has 2 nitrogen and oxygen atoms in total. The second-order valence-electron chi connectivity index (χ2n) is 4.40. The molecule has 84 valence electrons. The molecular weight excluding hydrogens is 210 g/mol. The highest BCUT2D eigenvalue weighted by molar-refractivity contribution is 5.83. The molecule has 1 aliphatic rings. The van der Waals surface area contributed by atoms with Crippen LogP contribution in [0.1, 0.15) is 23.5 Å². The summed E-state index contributed by atoms with van der Waals surface area (Å²) in [7, 11) is 0. The van der Waals surface area contributed by atoms with Gasteiger partial charge in [0.25, 0.3) is 0 Å². The molecule has 0 radical (unpaired) electrons. The molecule has 0 unspecified atom stereocenters. The van der Waals surface area contributed by atoms with E-state index in [0.717, 1.165) is 0 Å². The minimum atomic E-state index is -0.249. The summed E-state index contributed by atoms with van der Waals surface area (Å²) in [5, 5.41) is 0. The van der Waals surface area contributed by atoms with Crippen LogP contribution in [0.3, 0.4) is 0 Å². The van der Waals surface area contributed by atoms with Gasteiger partial charge in [0.15, 0.2) is 0 Å². The predicted molar refractivity (Wildman–Crippen MR) is 67.5 cm³/mol. The molecule has 0 saturated heterocycles. The van der Waals surface area contributed by atoms with Crippen molar-refractivity contribution in [3.05, 3.63) is 59.7 Å². The van der Waals surface area contributed by atoms with Gasteiger partial charge >= 0.3 is 0 Å². The van der Waals surface area contributed by atoms with Gasteiger partial charge in [0.2, 0.25) is 5.91 Å². The molecule has 2 aromatic rings. The third-order valence-corrected chi connectivity index (χ3v) is 3.37. The molecule has 0 spiro atoms. The van der Waals surface area contributed by atoms with E-state index in [1.54, 1.807) is 0 Å². The van der Waals surface area contributed by atoms with Crippen molar-refractivity contribution in [2.75, 3.05) is 0 Å². The van der Waals surface area contributed by atoms with E-state index in [4.69, 9.17) is 5.73 Å². The summed E-state index contributed by atoms with van der Waals surface area (Å²) in [6, 6.07) is 16.5. The molecular formula is C15H13NO. The Morgan fingerprint density at radius 1 is 0.941 bits per heavy atom. The van der Waals surface area contributed by atoms with Crippen molar-refractivity contribution in [3.8, 4) is 11.1 Å². The van der Waals surface area contributed by atoms with E-state index >= 15 is 0 Å². The number of benzene rings is 2. The maximum absolute atomic E-state index is 11.2. The maximum atomic E-state index is 11.2. The van der Waals surface area contributed by atoms with Crippen LogP contribution in [0.15, 0.2) is 48.5 Å². The van der Waals surface area contributed by atoms with Gasteiger partial charge in [0.1, 0.15) is 0 Å². The normalized spacial score (nSPS) is 13.2. The Morgan fingerprint density at radius 2 is 1.41 bits per heavy atom. The summed E-state index contributed by atoms with van der Waals surface area (Å²) < 4.78 is 0. The Hall–Kier alpha value is -2.09. The lowest BCUT2D eigenvalue weighted by atomic mass is 9.93. The van der Waals surface area contributed by atoms with Crippen molar-refractivity contribution in [3.63, 3.8) is 0 Å². The summed E-state index contributed by atoms with van der Waals surface area (Å²) in [4.78, 5) is 11.2. The lowest BCUT2D eigenvalue weighted by Crippen LogP contribution is -2.14. The molecule has 17 heavy (non-hydrogen) atoms. The largest absolute Gasteiger partial charge is 0.370 e. The Bertz CT molecular complexity index is 543. The van der Waals surface area contributed by atoms with Gasteiger partial charge in [0.05, 0.1) is 0 Å². The van der Waals surface area contributed by atoms with Crippen LogP contribution in [0.4, 0.5) is 0 Å². The number of rotatable bonds is 2. The zero-order valence-corrected chi connectivity index (χ0v) is 9.39. The van der Waals surface area contributed by atoms with E-state index in [2.05, 4.69) is 24.3 Å². The minimum absolute atomic E-state index is 0.125. The Kier molecular flexibility index (Phi) is 2.22. The Balaban J connectivity index is 2.20. The van der Waals surface area contributed by atoms with E-state index < -0.39 is 0 Å². The molecule has 2 heteroatoms. The third kappa shape index (κ3) is 1.53. The highest BCUT2D eigenvalue weighted by Crippen LogP contribution is 2.45. The Labute approximate surface area is 100 Å². The predicted octanol–water partition coefficient (Wildman–Crippen LogP) is 2.67. The van der Waals surface area contributed by atoms with Gasteiger partial charge in [-0.15, -0.1) is 0 Å². The van der Waals surface area contributed by atoms with Crippen LogP contribution in [0.25, 0.3) is 11.1 Å². The minimum Gasteiger partial charge on any atom is -0.370 e. The topological polar surface area (TPSA) is 43.1 Å².